The number of rotatable bonds is 6. The van der Waals surface area contributed by atoms with Crippen molar-refractivity contribution < 1.29 is 5.11 Å². The van der Waals surface area contributed by atoms with E-state index in [-0.39, 0.29) is 12.1 Å². The van der Waals surface area contributed by atoms with Gasteiger partial charge in [0.1, 0.15) is 0 Å². The van der Waals surface area contributed by atoms with E-state index in [1.54, 1.807) is 0 Å². The van der Waals surface area contributed by atoms with E-state index in [4.69, 9.17) is 0 Å². The van der Waals surface area contributed by atoms with Crippen LogP contribution in [0.25, 0.3) is 0 Å². The van der Waals surface area contributed by atoms with Crippen molar-refractivity contribution >= 4 is 0 Å². The molecule has 3 unspecified atom stereocenters. The molecule has 2 rings (SSSR count). The zero-order valence-corrected chi connectivity index (χ0v) is 13.8. The minimum Gasteiger partial charge on any atom is -0.394 e. The van der Waals surface area contributed by atoms with Crippen molar-refractivity contribution in [3.63, 3.8) is 0 Å². The van der Waals surface area contributed by atoms with Crippen molar-refractivity contribution in [3.05, 3.63) is 35.9 Å². The maximum absolute atomic E-state index is 10.2. The quantitative estimate of drug-likeness (QED) is 0.845. The number of likely N-dealkylation sites (tertiary alicyclic amines) is 1. The summed E-state index contributed by atoms with van der Waals surface area (Å²) in [5.74, 6) is 0.742. The van der Waals surface area contributed by atoms with Gasteiger partial charge in [-0.05, 0) is 38.7 Å². The maximum atomic E-state index is 10.2. The number of aliphatic hydroxyl groups is 1. The second-order valence-electron chi connectivity index (χ2n) is 7.02. The minimum atomic E-state index is -0.381. The minimum absolute atomic E-state index is 0.118. The Bertz CT molecular complexity index is 434. The summed E-state index contributed by atoms with van der Waals surface area (Å²) in [6.45, 7) is 11.0. The topological polar surface area (TPSA) is 35.5 Å². The summed E-state index contributed by atoms with van der Waals surface area (Å²) in [6, 6.07) is 11.3. The third-order valence-electron chi connectivity index (χ3n) is 4.55. The number of hydrogen-bond donors (Lipinski definition) is 2. The molecule has 1 aliphatic heterocycles. The molecule has 3 atom stereocenters. The van der Waals surface area contributed by atoms with Crippen LogP contribution in [0, 0.1) is 5.92 Å². The van der Waals surface area contributed by atoms with Crippen LogP contribution in [0.3, 0.4) is 0 Å². The Morgan fingerprint density at radius 1 is 1.29 bits per heavy atom. The molecule has 1 aromatic rings. The van der Waals surface area contributed by atoms with Crippen LogP contribution < -0.4 is 5.32 Å². The third kappa shape index (κ3) is 3.85. The lowest BCUT2D eigenvalue weighted by molar-refractivity contribution is 0.0951. The highest BCUT2D eigenvalue weighted by molar-refractivity contribution is 5.26. The van der Waals surface area contributed by atoms with Gasteiger partial charge in [0.2, 0.25) is 0 Å². The second-order valence-corrected chi connectivity index (χ2v) is 7.02. The van der Waals surface area contributed by atoms with Crippen LogP contribution in [0.2, 0.25) is 0 Å². The van der Waals surface area contributed by atoms with Gasteiger partial charge in [-0.2, -0.15) is 0 Å². The van der Waals surface area contributed by atoms with Gasteiger partial charge in [0, 0.05) is 25.2 Å². The van der Waals surface area contributed by atoms with Crippen LogP contribution in [-0.2, 0) is 5.54 Å². The summed E-state index contributed by atoms with van der Waals surface area (Å²) in [5.41, 5.74) is 0.793. The average Bonchev–Trinajstić information content (AvgIpc) is 2.76. The first-order valence-corrected chi connectivity index (χ1v) is 8.15. The number of aliphatic hydroxyl groups excluding tert-OH is 1. The van der Waals surface area contributed by atoms with E-state index < -0.39 is 0 Å². The fourth-order valence-electron chi connectivity index (χ4n) is 3.67. The van der Waals surface area contributed by atoms with E-state index >= 15 is 0 Å². The van der Waals surface area contributed by atoms with Gasteiger partial charge in [-0.3, -0.25) is 4.90 Å². The van der Waals surface area contributed by atoms with Crippen LogP contribution in [0.15, 0.2) is 30.3 Å². The summed E-state index contributed by atoms with van der Waals surface area (Å²) in [5, 5.41) is 13.8. The van der Waals surface area contributed by atoms with Gasteiger partial charge in [0.15, 0.2) is 0 Å². The molecule has 0 saturated carbocycles. The fourth-order valence-corrected chi connectivity index (χ4v) is 3.67. The molecule has 0 radical (unpaired) electrons. The predicted molar refractivity (Wildman–Crippen MR) is 88.3 cm³/mol. The fraction of sp³-hybridized carbons (Fsp3) is 0.667. The van der Waals surface area contributed by atoms with Crippen molar-refractivity contribution in [1.82, 2.24) is 10.2 Å². The van der Waals surface area contributed by atoms with Crippen molar-refractivity contribution in [2.24, 2.45) is 5.92 Å². The van der Waals surface area contributed by atoms with Gasteiger partial charge in [-0.1, -0.05) is 37.3 Å². The molecule has 1 saturated heterocycles. The molecule has 21 heavy (non-hydrogen) atoms. The first-order chi connectivity index (χ1) is 9.97. The van der Waals surface area contributed by atoms with Gasteiger partial charge in [-0.15, -0.1) is 0 Å². The normalized spacial score (nSPS) is 26.2. The van der Waals surface area contributed by atoms with Gasteiger partial charge in [0.25, 0.3) is 0 Å². The third-order valence-corrected chi connectivity index (χ3v) is 4.55. The highest BCUT2D eigenvalue weighted by Gasteiger charge is 2.37. The van der Waals surface area contributed by atoms with Crippen molar-refractivity contribution in [1.29, 1.82) is 0 Å². The lowest BCUT2D eigenvalue weighted by Gasteiger charge is -2.40. The van der Waals surface area contributed by atoms with Crippen molar-refractivity contribution in [2.75, 3.05) is 19.7 Å². The summed E-state index contributed by atoms with van der Waals surface area (Å²) in [6.07, 6.45) is 1.25. The van der Waals surface area contributed by atoms with Crippen molar-refractivity contribution in [3.8, 4) is 0 Å². The van der Waals surface area contributed by atoms with Crippen LogP contribution >= 0.6 is 0 Å². The molecular formula is C18H30N2O. The molecular weight excluding hydrogens is 260 g/mol. The predicted octanol–water partition coefficient (Wildman–Crippen LogP) is 2.60. The lowest BCUT2D eigenvalue weighted by atomic mass is 9.88. The zero-order valence-electron chi connectivity index (χ0n) is 13.8. The SMILES string of the molecule is CC1CC(C)N(CC(CO)(NC(C)C)c2ccccc2)C1. The molecule has 0 bridgehead atoms. The first-order valence-electron chi connectivity index (χ1n) is 8.15. The molecule has 0 amide bonds. The van der Waals surface area contributed by atoms with E-state index in [0.29, 0.717) is 12.1 Å². The summed E-state index contributed by atoms with van der Waals surface area (Å²) < 4.78 is 0. The van der Waals surface area contributed by atoms with Crippen LogP contribution in [0.1, 0.15) is 39.7 Å². The number of nitrogens with one attached hydrogen (secondary N) is 1. The van der Waals surface area contributed by atoms with E-state index in [2.05, 4.69) is 62.2 Å². The molecule has 2 N–H and O–H groups in total. The average molecular weight is 290 g/mol. The Hall–Kier alpha value is -0.900. The zero-order chi connectivity index (χ0) is 15.5. The monoisotopic (exact) mass is 290 g/mol. The second kappa shape index (κ2) is 6.91. The summed E-state index contributed by atoms with van der Waals surface area (Å²) in [4.78, 5) is 2.52. The Balaban J connectivity index is 2.27. The Kier molecular flexibility index (Phi) is 5.42. The molecule has 1 aliphatic rings. The molecule has 1 aromatic carbocycles. The highest BCUT2D eigenvalue weighted by atomic mass is 16.3. The number of benzene rings is 1. The summed E-state index contributed by atoms with van der Waals surface area (Å²) in [7, 11) is 0. The van der Waals surface area contributed by atoms with Crippen LogP contribution in [0.5, 0.6) is 0 Å². The largest absolute Gasteiger partial charge is 0.394 e. The van der Waals surface area contributed by atoms with E-state index in [1.807, 2.05) is 6.07 Å². The van der Waals surface area contributed by atoms with Crippen LogP contribution in [-0.4, -0.2) is 41.8 Å². The Morgan fingerprint density at radius 3 is 2.43 bits per heavy atom. The van der Waals surface area contributed by atoms with E-state index in [9.17, 15) is 5.11 Å². The number of nitrogens with zero attached hydrogens (tertiary/aromatic N) is 1. The smallest absolute Gasteiger partial charge is 0.0799 e. The highest BCUT2D eigenvalue weighted by Crippen LogP contribution is 2.29. The standard InChI is InChI=1S/C18H30N2O/c1-14(2)19-18(13-21,17-8-6-5-7-9-17)12-20-11-15(3)10-16(20)4/h5-9,14-16,19,21H,10-13H2,1-4H3. The molecule has 3 heteroatoms. The van der Waals surface area contributed by atoms with Gasteiger partial charge < -0.3 is 10.4 Å². The molecule has 1 fully saturated rings. The Morgan fingerprint density at radius 2 is 1.95 bits per heavy atom. The lowest BCUT2D eigenvalue weighted by Crippen LogP contribution is -2.56. The van der Waals surface area contributed by atoms with Gasteiger partial charge in [0.05, 0.1) is 12.1 Å². The van der Waals surface area contributed by atoms with Crippen LogP contribution in [0.4, 0.5) is 0 Å². The van der Waals surface area contributed by atoms with E-state index in [0.717, 1.165) is 19.0 Å². The molecule has 0 spiro atoms. The maximum Gasteiger partial charge on any atom is 0.0799 e. The van der Waals surface area contributed by atoms with E-state index in [1.165, 1.54) is 12.0 Å². The van der Waals surface area contributed by atoms with Crippen molar-refractivity contribution in [2.45, 2.75) is 51.7 Å². The molecule has 118 valence electrons. The molecule has 0 aromatic heterocycles. The molecule has 1 heterocycles. The van der Waals surface area contributed by atoms with Gasteiger partial charge in [-0.25, -0.2) is 0 Å². The Labute approximate surface area is 129 Å². The summed E-state index contributed by atoms with van der Waals surface area (Å²) >= 11 is 0. The molecule has 3 nitrogen and oxygen atoms in total. The van der Waals surface area contributed by atoms with Gasteiger partial charge >= 0.3 is 0 Å². The molecule has 0 aliphatic carbocycles. The first kappa shape index (κ1) is 16.5. The number of hydrogen-bond acceptors (Lipinski definition) is 3.